The van der Waals surface area contributed by atoms with Gasteiger partial charge in [0.05, 0.1) is 12.9 Å². The third-order valence-corrected chi connectivity index (χ3v) is 3.22. The maximum absolute atomic E-state index is 11.3. The number of aliphatic carboxylic acids is 1. The largest absolute Gasteiger partial charge is 0.480 e. The van der Waals surface area contributed by atoms with Gasteiger partial charge in [-0.2, -0.15) is 0 Å². The smallest absolute Gasteiger partial charge is 0.317 e. The summed E-state index contributed by atoms with van der Waals surface area (Å²) in [7, 11) is 0. The van der Waals surface area contributed by atoms with Crippen molar-refractivity contribution in [2.24, 2.45) is 5.92 Å². The first-order valence-corrected chi connectivity index (χ1v) is 6.37. The number of piperidine rings is 1. The van der Waals surface area contributed by atoms with Crippen molar-refractivity contribution < 1.29 is 9.90 Å². The lowest BCUT2D eigenvalue weighted by Crippen LogP contribution is -2.41. The summed E-state index contributed by atoms with van der Waals surface area (Å²) in [5.74, 6) is 0.227. The molecule has 0 spiro atoms. The number of carbonyl (C=O) groups is 1. The van der Waals surface area contributed by atoms with Crippen LogP contribution >= 0.6 is 0 Å². The molecule has 3 N–H and O–H groups in total. The fraction of sp³-hybridized carbons (Fsp3) is 0.583. The monoisotopic (exact) mass is 266 g/mol. The van der Waals surface area contributed by atoms with Crippen LogP contribution in [0.15, 0.2) is 17.2 Å². The molecule has 0 aliphatic carbocycles. The summed E-state index contributed by atoms with van der Waals surface area (Å²) in [6.45, 7) is 2.33. The Morgan fingerprint density at radius 3 is 3.21 bits per heavy atom. The van der Waals surface area contributed by atoms with Crippen LogP contribution in [0.4, 0.5) is 5.82 Å². The highest BCUT2D eigenvalue weighted by molar-refractivity contribution is 5.68. The Hall–Kier alpha value is -1.89. The highest BCUT2D eigenvalue weighted by atomic mass is 16.4. The molecule has 1 aliphatic rings. The normalized spacial score (nSPS) is 19.4. The third-order valence-electron chi connectivity index (χ3n) is 3.22. The molecule has 1 aliphatic heterocycles. The molecule has 0 bridgehead atoms. The number of aromatic nitrogens is 2. The maximum Gasteiger partial charge on any atom is 0.317 e. The molecule has 1 unspecified atom stereocenters. The lowest BCUT2D eigenvalue weighted by atomic mass is 9.98. The van der Waals surface area contributed by atoms with Crippen LogP contribution in [0.3, 0.4) is 0 Å². The number of carboxylic acid groups (broad SMARTS) is 1. The minimum absolute atomic E-state index is 0.0141. The average Bonchev–Trinajstić information content (AvgIpc) is 2.39. The summed E-state index contributed by atoms with van der Waals surface area (Å²) in [5.41, 5.74) is -0.156. The van der Waals surface area contributed by atoms with E-state index in [1.807, 2.05) is 0 Å². The average molecular weight is 266 g/mol. The molecule has 1 fully saturated rings. The zero-order chi connectivity index (χ0) is 13.7. The summed E-state index contributed by atoms with van der Waals surface area (Å²) < 4.78 is 0. The Labute approximate surface area is 110 Å². The Morgan fingerprint density at radius 1 is 1.63 bits per heavy atom. The van der Waals surface area contributed by atoms with Crippen molar-refractivity contribution in [3.8, 4) is 0 Å². The van der Waals surface area contributed by atoms with E-state index in [1.54, 1.807) is 0 Å². The van der Waals surface area contributed by atoms with Gasteiger partial charge in [-0.15, -0.1) is 0 Å². The zero-order valence-electron chi connectivity index (χ0n) is 10.6. The van der Waals surface area contributed by atoms with E-state index in [0.717, 1.165) is 25.9 Å². The number of H-pyrrole nitrogens is 1. The molecule has 1 saturated heterocycles. The molecule has 1 aromatic rings. The van der Waals surface area contributed by atoms with Crippen LogP contribution < -0.4 is 15.8 Å². The topological polar surface area (TPSA) is 98.3 Å². The van der Waals surface area contributed by atoms with Crippen LogP contribution in [0.2, 0.25) is 0 Å². The Balaban J connectivity index is 1.90. The molecular weight excluding hydrogens is 248 g/mol. The summed E-state index contributed by atoms with van der Waals surface area (Å²) >= 11 is 0. The van der Waals surface area contributed by atoms with Crippen LogP contribution in [0.1, 0.15) is 12.8 Å². The molecule has 7 nitrogen and oxygen atoms in total. The van der Waals surface area contributed by atoms with Gasteiger partial charge in [0.2, 0.25) is 0 Å². The van der Waals surface area contributed by atoms with E-state index in [-0.39, 0.29) is 12.1 Å². The number of carboxylic acids is 1. The van der Waals surface area contributed by atoms with Crippen molar-refractivity contribution in [2.75, 3.05) is 31.1 Å². The van der Waals surface area contributed by atoms with Crippen LogP contribution in [0.25, 0.3) is 0 Å². The van der Waals surface area contributed by atoms with Gasteiger partial charge < -0.3 is 20.3 Å². The first-order chi connectivity index (χ1) is 9.15. The lowest BCUT2D eigenvalue weighted by molar-refractivity contribution is -0.136. The number of hydrogen-bond donors (Lipinski definition) is 3. The van der Waals surface area contributed by atoms with E-state index in [1.165, 1.54) is 12.4 Å². The molecule has 7 heteroatoms. The summed E-state index contributed by atoms with van der Waals surface area (Å²) in [4.78, 5) is 30.4. The van der Waals surface area contributed by atoms with Crippen molar-refractivity contribution in [3.63, 3.8) is 0 Å². The molecule has 2 heterocycles. The summed E-state index contributed by atoms with van der Waals surface area (Å²) in [5, 5.41) is 11.5. The molecule has 0 amide bonds. The fourth-order valence-electron chi connectivity index (χ4n) is 2.35. The predicted molar refractivity (Wildman–Crippen MR) is 70.3 cm³/mol. The first kappa shape index (κ1) is 13.5. The van der Waals surface area contributed by atoms with Gasteiger partial charge in [0, 0.05) is 25.7 Å². The number of nitrogens with one attached hydrogen (secondary N) is 2. The van der Waals surface area contributed by atoms with Crippen molar-refractivity contribution in [3.05, 3.63) is 22.7 Å². The lowest BCUT2D eigenvalue weighted by Gasteiger charge is -2.33. The number of nitrogens with zero attached hydrogens (tertiary/aromatic N) is 2. The quantitative estimate of drug-likeness (QED) is 0.674. The standard InChI is InChI=1S/C12H18N4O3/c17-11-4-10(14-8-15-11)16-3-1-2-9(7-16)5-13-6-12(18)19/h4,8-9,13H,1-3,5-7H2,(H,18,19)(H,14,15,17). The molecular formula is C12H18N4O3. The number of aromatic amines is 1. The van der Waals surface area contributed by atoms with Crippen molar-refractivity contribution in [2.45, 2.75) is 12.8 Å². The Bertz CT molecular complexity index is 488. The zero-order valence-corrected chi connectivity index (χ0v) is 10.6. The Kier molecular flexibility index (Phi) is 4.51. The highest BCUT2D eigenvalue weighted by Crippen LogP contribution is 2.19. The van der Waals surface area contributed by atoms with Crippen molar-refractivity contribution in [1.82, 2.24) is 15.3 Å². The minimum Gasteiger partial charge on any atom is -0.480 e. The van der Waals surface area contributed by atoms with Gasteiger partial charge >= 0.3 is 5.97 Å². The van der Waals surface area contributed by atoms with Gasteiger partial charge in [0.1, 0.15) is 5.82 Å². The van der Waals surface area contributed by atoms with Gasteiger partial charge in [-0.05, 0) is 18.8 Å². The second-order valence-corrected chi connectivity index (χ2v) is 4.75. The van der Waals surface area contributed by atoms with E-state index in [4.69, 9.17) is 5.11 Å². The third kappa shape index (κ3) is 4.06. The fourth-order valence-corrected chi connectivity index (χ4v) is 2.35. The number of rotatable bonds is 5. The van der Waals surface area contributed by atoms with E-state index < -0.39 is 5.97 Å². The minimum atomic E-state index is -0.844. The van der Waals surface area contributed by atoms with Gasteiger partial charge in [0.25, 0.3) is 5.56 Å². The van der Waals surface area contributed by atoms with Crippen molar-refractivity contribution >= 4 is 11.8 Å². The van der Waals surface area contributed by atoms with Gasteiger partial charge in [-0.1, -0.05) is 0 Å². The molecule has 1 atom stereocenters. The molecule has 19 heavy (non-hydrogen) atoms. The summed E-state index contributed by atoms with van der Waals surface area (Å²) in [6.07, 6.45) is 3.49. The van der Waals surface area contributed by atoms with E-state index >= 15 is 0 Å². The number of anilines is 1. The second kappa shape index (κ2) is 6.33. The molecule has 0 aromatic carbocycles. The van der Waals surface area contributed by atoms with Crippen molar-refractivity contribution in [1.29, 1.82) is 0 Å². The first-order valence-electron chi connectivity index (χ1n) is 6.37. The summed E-state index contributed by atoms with van der Waals surface area (Å²) in [6, 6.07) is 1.49. The number of hydrogen-bond acceptors (Lipinski definition) is 5. The van der Waals surface area contributed by atoms with E-state index in [0.29, 0.717) is 18.3 Å². The van der Waals surface area contributed by atoms with Crippen LogP contribution in [0.5, 0.6) is 0 Å². The van der Waals surface area contributed by atoms with Gasteiger partial charge in [0.15, 0.2) is 0 Å². The second-order valence-electron chi connectivity index (χ2n) is 4.75. The molecule has 0 radical (unpaired) electrons. The van der Waals surface area contributed by atoms with Crippen LogP contribution in [-0.2, 0) is 4.79 Å². The molecule has 0 saturated carbocycles. The van der Waals surface area contributed by atoms with Gasteiger partial charge in [-0.3, -0.25) is 9.59 Å². The molecule has 2 rings (SSSR count). The van der Waals surface area contributed by atoms with Gasteiger partial charge in [-0.25, -0.2) is 4.98 Å². The SMILES string of the molecule is O=C(O)CNCC1CCCN(c2cc(=O)[nH]cn2)C1. The Morgan fingerprint density at radius 2 is 2.47 bits per heavy atom. The van der Waals surface area contributed by atoms with E-state index in [9.17, 15) is 9.59 Å². The van der Waals surface area contributed by atoms with Crippen LogP contribution in [-0.4, -0.2) is 47.2 Å². The highest BCUT2D eigenvalue weighted by Gasteiger charge is 2.20. The van der Waals surface area contributed by atoms with Crippen LogP contribution in [0, 0.1) is 5.92 Å². The molecule has 104 valence electrons. The maximum atomic E-state index is 11.3. The molecule has 1 aromatic heterocycles. The predicted octanol–water partition coefficient (Wildman–Crippen LogP) is -0.339. The van der Waals surface area contributed by atoms with E-state index in [2.05, 4.69) is 20.2 Å².